The summed E-state index contributed by atoms with van der Waals surface area (Å²) >= 11 is 0. The molecule has 0 saturated carbocycles. The van der Waals surface area contributed by atoms with Gasteiger partial charge in [0, 0.05) is 35.3 Å². The highest BCUT2D eigenvalue weighted by molar-refractivity contribution is 6.10. The van der Waals surface area contributed by atoms with Crippen LogP contribution in [0.15, 0.2) is 91.3 Å². The standard InChI is InChI=1S/C32H27N3O3/c1-20-5-8-29-28(13-20)27-7-6-22(17-30(27)35(29)31-14-21(2)9-11-33-31)23-15-25(37-4)18-26(16-23)38-32-19-24(36-3)10-12-34-32/h5-19H,1-4H3. The smallest absolute Gasteiger partial charge is 0.222 e. The van der Waals surface area contributed by atoms with Crippen molar-refractivity contribution in [3.63, 3.8) is 0 Å². The summed E-state index contributed by atoms with van der Waals surface area (Å²) in [5.41, 5.74) is 6.59. The Morgan fingerprint density at radius 3 is 2.18 bits per heavy atom. The van der Waals surface area contributed by atoms with Crippen LogP contribution in [0.4, 0.5) is 0 Å². The Morgan fingerprint density at radius 1 is 0.579 bits per heavy atom. The van der Waals surface area contributed by atoms with Crippen molar-refractivity contribution < 1.29 is 14.2 Å². The lowest BCUT2D eigenvalue weighted by Crippen LogP contribution is -1.97. The molecule has 0 spiro atoms. The fourth-order valence-electron chi connectivity index (χ4n) is 4.81. The number of nitrogens with zero attached hydrogens (tertiary/aromatic N) is 3. The number of fused-ring (bicyclic) bond motifs is 3. The number of methoxy groups -OCH3 is 2. The van der Waals surface area contributed by atoms with E-state index in [9.17, 15) is 0 Å². The highest BCUT2D eigenvalue weighted by atomic mass is 16.5. The van der Waals surface area contributed by atoms with Crippen LogP contribution in [0.5, 0.6) is 23.1 Å². The normalized spacial score (nSPS) is 11.2. The van der Waals surface area contributed by atoms with Crippen molar-refractivity contribution in [2.75, 3.05) is 14.2 Å². The Labute approximate surface area is 221 Å². The van der Waals surface area contributed by atoms with E-state index in [4.69, 9.17) is 19.2 Å². The predicted octanol–water partition coefficient (Wildman–Crippen LogP) is 7.67. The number of hydrogen-bond donors (Lipinski definition) is 0. The Bertz CT molecular complexity index is 1810. The zero-order valence-corrected chi connectivity index (χ0v) is 21.7. The number of aryl methyl sites for hydroxylation is 2. The van der Waals surface area contributed by atoms with Crippen LogP contribution in [-0.2, 0) is 0 Å². The first-order valence-electron chi connectivity index (χ1n) is 12.4. The van der Waals surface area contributed by atoms with Gasteiger partial charge in [-0.1, -0.05) is 23.8 Å². The molecule has 188 valence electrons. The van der Waals surface area contributed by atoms with Crippen molar-refractivity contribution in [2.45, 2.75) is 13.8 Å². The molecule has 3 heterocycles. The molecule has 0 aliphatic carbocycles. The average molecular weight is 502 g/mol. The van der Waals surface area contributed by atoms with Crippen LogP contribution in [-0.4, -0.2) is 28.8 Å². The number of hydrogen-bond acceptors (Lipinski definition) is 5. The summed E-state index contributed by atoms with van der Waals surface area (Å²) in [6.07, 6.45) is 3.52. The van der Waals surface area contributed by atoms with E-state index in [0.717, 1.165) is 33.5 Å². The Balaban J connectivity index is 1.52. The number of benzene rings is 3. The second-order valence-electron chi connectivity index (χ2n) is 9.31. The molecule has 6 aromatic rings. The van der Waals surface area contributed by atoms with E-state index in [2.05, 4.69) is 65.9 Å². The summed E-state index contributed by atoms with van der Waals surface area (Å²) in [5.74, 6) is 3.33. The highest BCUT2D eigenvalue weighted by Crippen LogP contribution is 2.37. The maximum absolute atomic E-state index is 6.09. The second-order valence-corrected chi connectivity index (χ2v) is 9.31. The van der Waals surface area contributed by atoms with Gasteiger partial charge in [-0.3, -0.25) is 4.57 Å². The minimum Gasteiger partial charge on any atom is -0.497 e. The summed E-state index contributed by atoms with van der Waals surface area (Å²) in [7, 11) is 3.27. The molecule has 0 amide bonds. The average Bonchev–Trinajstić information content (AvgIpc) is 3.25. The SMILES string of the molecule is COc1cc(Oc2cc(OC)ccn2)cc(-c2ccc3c4cc(C)ccc4n(-c4cc(C)ccn4)c3c2)c1. The van der Waals surface area contributed by atoms with Crippen molar-refractivity contribution in [1.29, 1.82) is 0 Å². The second kappa shape index (κ2) is 9.56. The first-order valence-corrected chi connectivity index (χ1v) is 12.4. The lowest BCUT2D eigenvalue weighted by atomic mass is 10.0. The maximum Gasteiger partial charge on any atom is 0.222 e. The number of pyridine rings is 2. The molecule has 3 aromatic carbocycles. The maximum atomic E-state index is 6.09. The third-order valence-corrected chi connectivity index (χ3v) is 6.67. The first kappa shape index (κ1) is 23.6. The Morgan fingerprint density at radius 2 is 1.37 bits per heavy atom. The predicted molar refractivity (Wildman–Crippen MR) is 151 cm³/mol. The molecule has 38 heavy (non-hydrogen) atoms. The van der Waals surface area contributed by atoms with Crippen LogP contribution in [0, 0.1) is 13.8 Å². The minimum atomic E-state index is 0.444. The number of rotatable bonds is 6. The molecule has 0 saturated heterocycles. The molecule has 0 atom stereocenters. The molecule has 0 fully saturated rings. The van der Waals surface area contributed by atoms with Crippen LogP contribution < -0.4 is 14.2 Å². The van der Waals surface area contributed by atoms with E-state index >= 15 is 0 Å². The van der Waals surface area contributed by atoms with Crippen LogP contribution in [0.1, 0.15) is 11.1 Å². The van der Waals surface area contributed by atoms with E-state index in [1.807, 2.05) is 30.5 Å². The van der Waals surface area contributed by atoms with E-state index in [0.29, 0.717) is 23.1 Å². The number of ether oxygens (including phenoxy) is 3. The van der Waals surface area contributed by atoms with Gasteiger partial charge in [-0.05, 0) is 79.1 Å². The fraction of sp³-hybridized carbons (Fsp3) is 0.125. The van der Waals surface area contributed by atoms with Gasteiger partial charge in [0.05, 0.1) is 25.3 Å². The van der Waals surface area contributed by atoms with Gasteiger partial charge in [-0.2, -0.15) is 0 Å². The third kappa shape index (κ3) is 4.30. The Hall–Kier alpha value is -4.84. The van der Waals surface area contributed by atoms with Crippen LogP contribution in [0.2, 0.25) is 0 Å². The highest BCUT2D eigenvalue weighted by Gasteiger charge is 2.15. The van der Waals surface area contributed by atoms with Gasteiger partial charge in [-0.15, -0.1) is 0 Å². The van der Waals surface area contributed by atoms with Gasteiger partial charge in [0.1, 0.15) is 23.1 Å². The van der Waals surface area contributed by atoms with E-state index in [1.165, 1.54) is 16.3 Å². The largest absolute Gasteiger partial charge is 0.497 e. The molecule has 0 radical (unpaired) electrons. The zero-order chi connectivity index (χ0) is 26.2. The molecule has 0 unspecified atom stereocenters. The lowest BCUT2D eigenvalue weighted by molar-refractivity contribution is 0.400. The molecule has 6 heteroatoms. The summed E-state index contributed by atoms with van der Waals surface area (Å²) < 4.78 is 19.2. The van der Waals surface area contributed by atoms with Crippen molar-refractivity contribution in [3.8, 4) is 40.1 Å². The topological polar surface area (TPSA) is 58.4 Å². The van der Waals surface area contributed by atoms with Gasteiger partial charge in [0.15, 0.2) is 0 Å². The van der Waals surface area contributed by atoms with Crippen molar-refractivity contribution in [3.05, 3.63) is 102 Å². The molecule has 0 aliphatic heterocycles. The van der Waals surface area contributed by atoms with Crippen LogP contribution >= 0.6 is 0 Å². The number of aromatic nitrogens is 3. The molecule has 6 nitrogen and oxygen atoms in total. The lowest BCUT2D eigenvalue weighted by Gasteiger charge is -2.12. The molecule has 6 rings (SSSR count). The van der Waals surface area contributed by atoms with Crippen molar-refractivity contribution in [2.24, 2.45) is 0 Å². The minimum absolute atomic E-state index is 0.444. The molecular formula is C32H27N3O3. The third-order valence-electron chi connectivity index (χ3n) is 6.67. The van der Waals surface area contributed by atoms with Gasteiger partial charge in [0.25, 0.3) is 0 Å². The first-order chi connectivity index (χ1) is 18.5. The molecular weight excluding hydrogens is 474 g/mol. The van der Waals surface area contributed by atoms with E-state index < -0.39 is 0 Å². The van der Waals surface area contributed by atoms with Crippen LogP contribution in [0.3, 0.4) is 0 Å². The molecule has 0 bridgehead atoms. The van der Waals surface area contributed by atoms with E-state index in [1.54, 1.807) is 32.5 Å². The summed E-state index contributed by atoms with van der Waals surface area (Å²) in [6.45, 7) is 4.21. The Kier molecular flexibility index (Phi) is 5.92. The molecule has 0 N–H and O–H groups in total. The van der Waals surface area contributed by atoms with E-state index in [-0.39, 0.29) is 0 Å². The van der Waals surface area contributed by atoms with Gasteiger partial charge < -0.3 is 14.2 Å². The zero-order valence-electron chi connectivity index (χ0n) is 21.7. The molecule has 3 aromatic heterocycles. The van der Waals surface area contributed by atoms with Gasteiger partial charge >= 0.3 is 0 Å². The monoisotopic (exact) mass is 501 g/mol. The van der Waals surface area contributed by atoms with Crippen LogP contribution in [0.25, 0.3) is 38.8 Å². The van der Waals surface area contributed by atoms with Gasteiger partial charge in [-0.25, -0.2) is 9.97 Å². The fourth-order valence-corrected chi connectivity index (χ4v) is 4.81. The summed E-state index contributed by atoms with van der Waals surface area (Å²) in [5, 5.41) is 2.38. The quantitative estimate of drug-likeness (QED) is 0.234. The summed E-state index contributed by atoms with van der Waals surface area (Å²) in [6, 6.07) is 26.6. The summed E-state index contributed by atoms with van der Waals surface area (Å²) in [4.78, 5) is 9.03. The van der Waals surface area contributed by atoms with Gasteiger partial charge in [0.2, 0.25) is 5.88 Å². The van der Waals surface area contributed by atoms with Crippen molar-refractivity contribution >= 4 is 21.8 Å². The van der Waals surface area contributed by atoms with Crippen molar-refractivity contribution in [1.82, 2.24) is 14.5 Å². The molecule has 0 aliphatic rings.